The standard InChI is InChI=1S/C21H20N2O/c1-17(19-12-14-21(24)15-13-19)22-23(20-10-6-3-7-11-20)16-18-8-4-2-5-9-18/h2-15,24H,16H2,1H3. The van der Waals surface area contributed by atoms with Gasteiger partial charge in [-0.05, 0) is 54.4 Å². The van der Waals surface area contributed by atoms with Gasteiger partial charge in [0.05, 0.1) is 17.9 Å². The van der Waals surface area contributed by atoms with Gasteiger partial charge in [-0.2, -0.15) is 5.10 Å². The normalized spacial score (nSPS) is 11.3. The summed E-state index contributed by atoms with van der Waals surface area (Å²) in [4.78, 5) is 0. The van der Waals surface area contributed by atoms with E-state index in [1.807, 2.05) is 60.5 Å². The van der Waals surface area contributed by atoms with Gasteiger partial charge >= 0.3 is 0 Å². The molecule has 0 fully saturated rings. The molecule has 0 aliphatic rings. The molecule has 0 bridgehead atoms. The molecule has 0 unspecified atom stereocenters. The first-order chi connectivity index (χ1) is 11.7. The van der Waals surface area contributed by atoms with Crippen molar-refractivity contribution in [2.45, 2.75) is 13.5 Å². The van der Waals surface area contributed by atoms with Crippen LogP contribution < -0.4 is 5.01 Å². The van der Waals surface area contributed by atoms with Gasteiger partial charge in [0.15, 0.2) is 0 Å². The number of rotatable bonds is 5. The van der Waals surface area contributed by atoms with E-state index in [0.29, 0.717) is 6.54 Å². The Hall–Kier alpha value is -3.07. The van der Waals surface area contributed by atoms with Crippen molar-refractivity contribution in [2.24, 2.45) is 5.10 Å². The van der Waals surface area contributed by atoms with Crippen LogP contribution in [0.3, 0.4) is 0 Å². The Balaban J connectivity index is 1.92. The van der Waals surface area contributed by atoms with Crippen LogP contribution >= 0.6 is 0 Å². The number of hydrogen-bond donors (Lipinski definition) is 1. The van der Waals surface area contributed by atoms with Crippen molar-refractivity contribution < 1.29 is 5.11 Å². The quantitative estimate of drug-likeness (QED) is 0.541. The largest absolute Gasteiger partial charge is 0.508 e. The molecule has 3 aromatic rings. The number of hydrogen-bond acceptors (Lipinski definition) is 3. The Morgan fingerprint density at radius 3 is 2.04 bits per heavy atom. The van der Waals surface area contributed by atoms with Crippen LogP contribution in [0, 0.1) is 0 Å². The maximum absolute atomic E-state index is 9.44. The highest BCUT2D eigenvalue weighted by Gasteiger charge is 2.07. The van der Waals surface area contributed by atoms with Crippen LogP contribution in [0.4, 0.5) is 5.69 Å². The summed E-state index contributed by atoms with van der Waals surface area (Å²) in [7, 11) is 0. The number of para-hydroxylation sites is 1. The molecule has 0 amide bonds. The Kier molecular flexibility index (Phi) is 4.92. The van der Waals surface area contributed by atoms with Crippen molar-refractivity contribution in [1.29, 1.82) is 0 Å². The Labute approximate surface area is 142 Å². The zero-order valence-electron chi connectivity index (χ0n) is 13.6. The van der Waals surface area contributed by atoms with Crippen molar-refractivity contribution in [2.75, 3.05) is 5.01 Å². The SMILES string of the molecule is CC(=NN(Cc1ccccc1)c1ccccc1)c1ccc(O)cc1. The molecule has 0 atom stereocenters. The van der Waals surface area contributed by atoms with Gasteiger partial charge in [-0.1, -0.05) is 48.5 Å². The molecular formula is C21H20N2O. The van der Waals surface area contributed by atoms with Gasteiger partial charge in [-0.15, -0.1) is 0 Å². The molecule has 3 heteroatoms. The van der Waals surface area contributed by atoms with E-state index in [1.165, 1.54) is 5.56 Å². The van der Waals surface area contributed by atoms with Crippen LogP contribution in [0.15, 0.2) is 90.0 Å². The highest BCUT2D eigenvalue weighted by atomic mass is 16.3. The van der Waals surface area contributed by atoms with E-state index in [4.69, 9.17) is 5.10 Å². The molecule has 0 aromatic heterocycles. The molecule has 3 nitrogen and oxygen atoms in total. The number of benzene rings is 3. The molecule has 120 valence electrons. The summed E-state index contributed by atoms with van der Waals surface area (Å²) in [6.07, 6.45) is 0. The molecule has 0 heterocycles. The zero-order chi connectivity index (χ0) is 16.8. The lowest BCUT2D eigenvalue weighted by atomic mass is 10.1. The lowest BCUT2D eigenvalue weighted by Gasteiger charge is -2.20. The fourth-order valence-electron chi connectivity index (χ4n) is 2.48. The molecule has 24 heavy (non-hydrogen) atoms. The monoisotopic (exact) mass is 316 g/mol. The summed E-state index contributed by atoms with van der Waals surface area (Å²) in [6, 6.07) is 27.5. The lowest BCUT2D eigenvalue weighted by Crippen LogP contribution is -2.18. The fraction of sp³-hybridized carbons (Fsp3) is 0.0952. The minimum absolute atomic E-state index is 0.260. The summed E-state index contributed by atoms with van der Waals surface area (Å²) in [6.45, 7) is 2.67. The number of hydrazone groups is 1. The lowest BCUT2D eigenvalue weighted by molar-refractivity contribution is 0.475. The van der Waals surface area contributed by atoms with Gasteiger partial charge in [0.2, 0.25) is 0 Å². The topological polar surface area (TPSA) is 35.8 Å². The van der Waals surface area contributed by atoms with Gasteiger partial charge in [0, 0.05) is 0 Å². The second kappa shape index (κ2) is 7.47. The average Bonchev–Trinajstić information content (AvgIpc) is 2.63. The van der Waals surface area contributed by atoms with Crippen LogP contribution in [-0.2, 0) is 6.54 Å². The molecule has 0 aliphatic carbocycles. The Bertz CT molecular complexity index is 796. The van der Waals surface area contributed by atoms with E-state index >= 15 is 0 Å². The molecule has 3 rings (SSSR count). The van der Waals surface area contributed by atoms with Gasteiger partial charge in [0.1, 0.15) is 5.75 Å². The van der Waals surface area contributed by atoms with Gasteiger partial charge < -0.3 is 5.11 Å². The maximum Gasteiger partial charge on any atom is 0.115 e. The third-order valence-corrected chi connectivity index (χ3v) is 3.79. The second-order valence-electron chi connectivity index (χ2n) is 5.61. The zero-order valence-corrected chi connectivity index (χ0v) is 13.6. The second-order valence-corrected chi connectivity index (χ2v) is 5.61. The van der Waals surface area contributed by atoms with Crippen LogP contribution in [-0.4, -0.2) is 10.8 Å². The molecule has 0 aliphatic heterocycles. The first kappa shape index (κ1) is 15.8. The highest BCUT2D eigenvalue weighted by Crippen LogP contribution is 2.19. The molecule has 0 spiro atoms. The summed E-state index contributed by atoms with van der Waals surface area (Å²) >= 11 is 0. The van der Waals surface area contributed by atoms with Crippen LogP contribution in [0.2, 0.25) is 0 Å². The smallest absolute Gasteiger partial charge is 0.115 e. The number of phenols is 1. The third kappa shape index (κ3) is 4.02. The first-order valence-corrected chi connectivity index (χ1v) is 7.93. The van der Waals surface area contributed by atoms with Crippen LogP contribution in [0.25, 0.3) is 0 Å². The van der Waals surface area contributed by atoms with E-state index in [9.17, 15) is 5.11 Å². The molecule has 0 saturated heterocycles. The molecule has 0 saturated carbocycles. The number of anilines is 1. The molecule has 1 N–H and O–H groups in total. The van der Waals surface area contributed by atoms with Gasteiger partial charge in [0.25, 0.3) is 0 Å². The molecule has 0 radical (unpaired) electrons. The summed E-state index contributed by atoms with van der Waals surface area (Å²) in [5, 5.41) is 16.3. The predicted octanol–water partition coefficient (Wildman–Crippen LogP) is 4.82. The summed E-state index contributed by atoms with van der Waals surface area (Å²) < 4.78 is 0. The van der Waals surface area contributed by atoms with Crippen molar-refractivity contribution in [1.82, 2.24) is 0 Å². The minimum atomic E-state index is 0.260. The van der Waals surface area contributed by atoms with Crippen LogP contribution in [0.1, 0.15) is 18.1 Å². The molecule has 3 aromatic carbocycles. The van der Waals surface area contributed by atoms with Crippen molar-refractivity contribution in [3.63, 3.8) is 0 Å². The maximum atomic E-state index is 9.44. The highest BCUT2D eigenvalue weighted by molar-refractivity contribution is 5.99. The predicted molar refractivity (Wildman–Crippen MR) is 99.4 cm³/mol. The van der Waals surface area contributed by atoms with Gasteiger partial charge in [-0.3, -0.25) is 5.01 Å². The Morgan fingerprint density at radius 1 is 0.833 bits per heavy atom. The number of nitrogens with zero attached hydrogens (tertiary/aromatic N) is 2. The van der Waals surface area contributed by atoms with Crippen molar-refractivity contribution in [3.05, 3.63) is 96.1 Å². The minimum Gasteiger partial charge on any atom is -0.508 e. The fourth-order valence-corrected chi connectivity index (χ4v) is 2.48. The number of phenolic OH excluding ortho intramolecular Hbond substituents is 1. The summed E-state index contributed by atoms with van der Waals surface area (Å²) in [5.41, 5.74) is 4.12. The van der Waals surface area contributed by atoms with Crippen molar-refractivity contribution >= 4 is 11.4 Å². The first-order valence-electron chi connectivity index (χ1n) is 7.93. The van der Waals surface area contributed by atoms with E-state index in [0.717, 1.165) is 17.0 Å². The molecular weight excluding hydrogens is 296 g/mol. The van der Waals surface area contributed by atoms with Crippen molar-refractivity contribution in [3.8, 4) is 5.75 Å². The van der Waals surface area contributed by atoms with Gasteiger partial charge in [-0.25, -0.2) is 0 Å². The third-order valence-electron chi connectivity index (χ3n) is 3.79. The van der Waals surface area contributed by atoms with E-state index < -0.39 is 0 Å². The average molecular weight is 316 g/mol. The van der Waals surface area contributed by atoms with E-state index in [2.05, 4.69) is 24.3 Å². The van der Waals surface area contributed by atoms with Crippen LogP contribution in [0.5, 0.6) is 5.75 Å². The van der Waals surface area contributed by atoms with E-state index in [-0.39, 0.29) is 5.75 Å². The Morgan fingerprint density at radius 2 is 1.42 bits per heavy atom. The number of aromatic hydroxyl groups is 1. The summed E-state index contributed by atoms with van der Waals surface area (Å²) in [5.74, 6) is 0.260. The van der Waals surface area contributed by atoms with E-state index in [1.54, 1.807) is 12.1 Å².